The summed E-state index contributed by atoms with van der Waals surface area (Å²) in [5, 5.41) is 0.918. The predicted octanol–water partition coefficient (Wildman–Crippen LogP) is 4.06. The fourth-order valence-corrected chi connectivity index (χ4v) is 4.78. The minimum Gasteiger partial charge on any atom is -0.451 e. The predicted molar refractivity (Wildman–Crippen MR) is 130 cm³/mol. The van der Waals surface area contributed by atoms with Crippen molar-refractivity contribution in [2.45, 2.75) is 25.3 Å². The van der Waals surface area contributed by atoms with Crippen LogP contribution >= 0.6 is 0 Å². The SMILES string of the molecule is CN(C)CC(=O)N(C)[C@@H](Cc1ccc(F)cc1)C1CCN(C(=O)c2cc3ccccc3o2)CC1. The van der Waals surface area contributed by atoms with E-state index in [4.69, 9.17) is 4.42 Å². The van der Waals surface area contributed by atoms with E-state index in [1.807, 2.05) is 60.1 Å². The summed E-state index contributed by atoms with van der Waals surface area (Å²) in [7, 11) is 5.61. The minimum absolute atomic E-state index is 0.0265. The lowest BCUT2D eigenvalue weighted by Crippen LogP contribution is -2.50. The number of fused-ring (bicyclic) bond motifs is 1. The number of likely N-dealkylation sites (N-methyl/N-ethyl adjacent to an activating group) is 2. The van der Waals surface area contributed by atoms with Crippen LogP contribution in [0.4, 0.5) is 4.39 Å². The van der Waals surface area contributed by atoms with Gasteiger partial charge in [0.05, 0.1) is 6.54 Å². The highest BCUT2D eigenvalue weighted by molar-refractivity contribution is 5.96. The van der Waals surface area contributed by atoms with Gasteiger partial charge in [-0.3, -0.25) is 9.59 Å². The van der Waals surface area contributed by atoms with Crippen molar-refractivity contribution in [2.24, 2.45) is 5.92 Å². The van der Waals surface area contributed by atoms with E-state index in [0.29, 0.717) is 37.4 Å². The second-order valence-electron chi connectivity index (χ2n) is 9.42. The molecule has 1 aliphatic heterocycles. The van der Waals surface area contributed by atoms with Gasteiger partial charge in [0.2, 0.25) is 5.91 Å². The number of halogens is 1. The first-order valence-electron chi connectivity index (χ1n) is 11.7. The Labute approximate surface area is 199 Å². The molecule has 0 spiro atoms. The van der Waals surface area contributed by atoms with Crippen LogP contribution in [0.3, 0.4) is 0 Å². The van der Waals surface area contributed by atoms with E-state index in [9.17, 15) is 14.0 Å². The zero-order valence-electron chi connectivity index (χ0n) is 20.0. The minimum atomic E-state index is -0.269. The van der Waals surface area contributed by atoms with Gasteiger partial charge in [-0.15, -0.1) is 0 Å². The number of likely N-dealkylation sites (tertiary alicyclic amines) is 1. The van der Waals surface area contributed by atoms with Crippen molar-refractivity contribution in [3.8, 4) is 0 Å². The molecule has 180 valence electrons. The summed E-state index contributed by atoms with van der Waals surface area (Å²) in [4.78, 5) is 31.5. The zero-order chi connectivity index (χ0) is 24.2. The van der Waals surface area contributed by atoms with E-state index in [0.717, 1.165) is 23.8 Å². The normalized spacial score (nSPS) is 15.6. The average molecular weight is 466 g/mol. The van der Waals surface area contributed by atoms with Gasteiger partial charge in [-0.25, -0.2) is 4.39 Å². The van der Waals surface area contributed by atoms with E-state index in [1.54, 1.807) is 18.2 Å². The molecule has 34 heavy (non-hydrogen) atoms. The highest BCUT2D eigenvalue weighted by Gasteiger charge is 2.33. The molecule has 1 fully saturated rings. The van der Waals surface area contributed by atoms with Crippen LogP contribution in [0.1, 0.15) is 29.0 Å². The molecule has 6 nitrogen and oxygen atoms in total. The van der Waals surface area contributed by atoms with Crippen LogP contribution in [0.5, 0.6) is 0 Å². The van der Waals surface area contributed by atoms with Crippen molar-refractivity contribution < 1.29 is 18.4 Å². The number of hydrogen-bond donors (Lipinski definition) is 0. The average Bonchev–Trinajstić information content (AvgIpc) is 3.27. The van der Waals surface area contributed by atoms with E-state index in [-0.39, 0.29) is 29.6 Å². The monoisotopic (exact) mass is 465 g/mol. The molecule has 4 rings (SSSR count). The van der Waals surface area contributed by atoms with Crippen molar-refractivity contribution in [1.82, 2.24) is 14.7 Å². The Hall–Kier alpha value is -3.19. The smallest absolute Gasteiger partial charge is 0.289 e. The molecule has 0 bridgehead atoms. The van der Waals surface area contributed by atoms with Crippen LogP contribution < -0.4 is 0 Å². The molecule has 0 N–H and O–H groups in total. The molecule has 2 aromatic carbocycles. The van der Waals surface area contributed by atoms with Gasteiger partial charge < -0.3 is 19.1 Å². The van der Waals surface area contributed by atoms with Crippen molar-refractivity contribution in [3.05, 3.63) is 71.7 Å². The van der Waals surface area contributed by atoms with Gasteiger partial charge in [-0.1, -0.05) is 30.3 Å². The quantitative estimate of drug-likeness (QED) is 0.528. The van der Waals surface area contributed by atoms with Crippen molar-refractivity contribution in [2.75, 3.05) is 40.8 Å². The number of hydrogen-bond acceptors (Lipinski definition) is 4. The lowest BCUT2D eigenvalue weighted by molar-refractivity contribution is -0.134. The number of carbonyl (C=O) groups is 2. The molecule has 0 radical (unpaired) electrons. The third-order valence-electron chi connectivity index (χ3n) is 6.71. The van der Waals surface area contributed by atoms with Gasteiger partial charge in [0.15, 0.2) is 5.76 Å². The molecule has 1 atom stereocenters. The van der Waals surface area contributed by atoms with Gasteiger partial charge in [-0.2, -0.15) is 0 Å². The summed E-state index contributed by atoms with van der Waals surface area (Å²) in [5.74, 6) is 0.288. The summed E-state index contributed by atoms with van der Waals surface area (Å²) in [5.41, 5.74) is 1.71. The first kappa shape index (κ1) is 24.0. The number of para-hydroxylation sites is 1. The fourth-order valence-electron chi connectivity index (χ4n) is 4.78. The molecule has 0 unspecified atom stereocenters. The molecule has 0 aliphatic carbocycles. The molecule has 7 heteroatoms. The van der Waals surface area contributed by atoms with Gasteiger partial charge in [0.25, 0.3) is 5.91 Å². The third kappa shape index (κ3) is 5.47. The summed E-state index contributed by atoms with van der Waals surface area (Å²) >= 11 is 0. The van der Waals surface area contributed by atoms with Crippen molar-refractivity contribution in [3.63, 3.8) is 0 Å². The molecule has 1 saturated heterocycles. The van der Waals surface area contributed by atoms with E-state index in [2.05, 4.69) is 0 Å². The van der Waals surface area contributed by atoms with Crippen LogP contribution in [0.15, 0.2) is 59.0 Å². The number of furan rings is 1. The zero-order valence-corrected chi connectivity index (χ0v) is 20.0. The molecule has 3 aromatic rings. The second kappa shape index (κ2) is 10.4. The van der Waals surface area contributed by atoms with Crippen molar-refractivity contribution >= 4 is 22.8 Å². The topological polar surface area (TPSA) is 57.0 Å². The highest BCUT2D eigenvalue weighted by atomic mass is 19.1. The van der Waals surface area contributed by atoms with Crippen LogP contribution in [-0.4, -0.2) is 73.3 Å². The lowest BCUT2D eigenvalue weighted by atomic mass is 9.84. The fraction of sp³-hybridized carbons (Fsp3) is 0.407. The number of benzene rings is 2. The van der Waals surface area contributed by atoms with Crippen LogP contribution in [0.2, 0.25) is 0 Å². The van der Waals surface area contributed by atoms with E-state index in [1.165, 1.54) is 12.1 Å². The summed E-state index contributed by atoms with van der Waals surface area (Å²) in [6, 6.07) is 15.9. The second-order valence-corrected chi connectivity index (χ2v) is 9.42. The Morgan fingerprint density at radius 3 is 2.38 bits per heavy atom. The molecule has 2 heterocycles. The number of piperidine rings is 1. The maximum atomic E-state index is 13.4. The maximum Gasteiger partial charge on any atom is 0.289 e. The summed E-state index contributed by atoms with van der Waals surface area (Å²) in [6.45, 7) is 1.55. The Bertz CT molecular complexity index is 1100. The maximum absolute atomic E-state index is 13.4. The Kier molecular flexibility index (Phi) is 7.32. The number of amides is 2. The highest BCUT2D eigenvalue weighted by Crippen LogP contribution is 2.28. The Balaban J connectivity index is 1.46. The van der Waals surface area contributed by atoms with Gasteiger partial charge in [-0.05, 0) is 69.1 Å². The van der Waals surface area contributed by atoms with Crippen LogP contribution in [0.25, 0.3) is 11.0 Å². The van der Waals surface area contributed by atoms with E-state index < -0.39 is 0 Å². The van der Waals surface area contributed by atoms with Crippen molar-refractivity contribution in [1.29, 1.82) is 0 Å². The molecular weight excluding hydrogens is 433 g/mol. The van der Waals surface area contributed by atoms with Crippen LogP contribution in [-0.2, 0) is 11.2 Å². The van der Waals surface area contributed by atoms with Gasteiger partial charge in [0, 0.05) is 31.6 Å². The Morgan fingerprint density at radius 2 is 1.74 bits per heavy atom. The Morgan fingerprint density at radius 1 is 1.06 bits per heavy atom. The van der Waals surface area contributed by atoms with Gasteiger partial charge in [0.1, 0.15) is 11.4 Å². The summed E-state index contributed by atoms with van der Waals surface area (Å²) in [6.07, 6.45) is 2.23. The first-order valence-corrected chi connectivity index (χ1v) is 11.7. The van der Waals surface area contributed by atoms with Gasteiger partial charge >= 0.3 is 0 Å². The molecule has 0 saturated carbocycles. The molecule has 1 aromatic heterocycles. The number of carbonyl (C=O) groups excluding carboxylic acids is 2. The largest absolute Gasteiger partial charge is 0.451 e. The van der Waals surface area contributed by atoms with E-state index >= 15 is 0 Å². The molecule has 1 aliphatic rings. The first-order chi connectivity index (χ1) is 16.3. The molecular formula is C27H32FN3O3. The summed E-state index contributed by atoms with van der Waals surface area (Å²) < 4.78 is 19.2. The molecule has 2 amide bonds. The standard InChI is InChI=1S/C27H32FN3O3/c1-29(2)18-26(32)30(3)23(16-19-8-10-22(28)11-9-19)20-12-14-31(15-13-20)27(33)25-17-21-6-4-5-7-24(21)34-25/h4-11,17,20,23H,12-16,18H2,1-3H3/t23-/m0/s1. The number of nitrogens with zero attached hydrogens (tertiary/aromatic N) is 3. The lowest BCUT2D eigenvalue weighted by Gasteiger charge is -2.40. The van der Waals surface area contributed by atoms with Crippen LogP contribution in [0, 0.1) is 11.7 Å². The third-order valence-corrected chi connectivity index (χ3v) is 6.71. The number of rotatable bonds is 7.